The highest BCUT2D eigenvalue weighted by Gasteiger charge is 2.07. The number of allylic oxidation sites excluding steroid dienone is 1. The standard InChI is InChI=1S/C18H27NO2/c1-7-21-18(20)10-13(2)8-9-17-14(3)11-16(19(5)6)12-15(17)4/h10-12H,7-9H2,1-6H3. The van der Waals surface area contributed by atoms with Gasteiger partial charge >= 0.3 is 5.97 Å². The Bertz CT molecular complexity index is 507. The van der Waals surface area contributed by atoms with E-state index in [1.807, 2.05) is 13.8 Å². The van der Waals surface area contributed by atoms with Crippen molar-refractivity contribution < 1.29 is 9.53 Å². The summed E-state index contributed by atoms with van der Waals surface area (Å²) >= 11 is 0. The second kappa shape index (κ2) is 7.87. The van der Waals surface area contributed by atoms with Crippen LogP contribution in [-0.2, 0) is 16.0 Å². The molecule has 0 amide bonds. The van der Waals surface area contributed by atoms with Crippen molar-refractivity contribution in [3.63, 3.8) is 0 Å². The molecule has 3 nitrogen and oxygen atoms in total. The molecule has 0 saturated carbocycles. The lowest BCUT2D eigenvalue weighted by atomic mass is 9.95. The Morgan fingerprint density at radius 1 is 1.24 bits per heavy atom. The molecule has 0 N–H and O–H groups in total. The summed E-state index contributed by atoms with van der Waals surface area (Å²) in [6, 6.07) is 4.43. The second-order valence-electron chi connectivity index (χ2n) is 5.70. The van der Waals surface area contributed by atoms with Gasteiger partial charge in [-0.3, -0.25) is 0 Å². The van der Waals surface area contributed by atoms with Crippen molar-refractivity contribution in [3.8, 4) is 0 Å². The van der Waals surface area contributed by atoms with Gasteiger partial charge in [0.25, 0.3) is 0 Å². The van der Waals surface area contributed by atoms with Crippen LogP contribution in [0.25, 0.3) is 0 Å². The average molecular weight is 289 g/mol. The van der Waals surface area contributed by atoms with Gasteiger partial charge in [0.05, 0.1) is 6.61 Å². The van der Waals surface area contributed by atoms with Gasteiger partial charge in [-0.2, -0.15) is 0 Å². The maximum atomic E-state index is 11.4. The molecule has 1 rings (SSSR count). The lowest BCUT2D eigenvalue weighted by Gasteiger charge is -2.18. The van der Waals surface area contributed by atoms with Gasteiger partial charge in [0.15, 0.2) is 0 Å². The number of carbonyl (C=O) groups excluding carboxylic acids is 1. The zero-order valence-corrected chi connectivity index (χ0v) is 14.1. The summed E-state index contributed by atoms with van der Waals surface area (Å²) in [5.74, 6) is -0.244. The van der Waals surface area contributed by atoms with E-state index in [0.29, 0.717) is 6.61 Å². The normalized spacial score (nSPS) is 11.4. The molecule has 1 aromatic carbocycles. The Balaban J connectivity index is 2.78. The summed E-state index contributed by atoms with van der Waals surface area (Å²) in [7, 11) is 4.11. The molecule has 0 unspecified atom stereocenters. The number of hydrogen-bond acceptors (Lipinski definition) is 3. The van der Waals surface area contributed by atoms with E-state index in [-0.39, 0.29) is 5.97 Å². The summed E-state index contributed by atoms with van der Waals surface area (Å²) < 4.78 is 4.93. The third kappa shape index (κ3) is 5.25. The number of carbonyl (C=O) groups is 1. The molecule has 0 saturated heterocycles. The maximum absolute atomic E-state index is 11.4. The predicted octanol–water partition coefficient (Wildman–Crippen LogP) is 3.81. The van der Waals surface area contributed by atoms with E-state index in [4.69, 9.17) is 4.74 Å². The molecule has 0 bridgehead atoms. The summed E-state index contributed by atoms with van der Waals surface area (Å²) in [5.41, 5.74) is 6.28. The van der Waals surface area contributed by atoms with Crippen molar-refractivity contribution in [2.24, 2.45) is 0 Å². The Kier molecular flexibility index (Phi) is 6.47. The molecule has 116 valence electrons. The molecular formula is C18H27NO2. The second-order valence-corrected chi connectivity index (χ2v) is 5.70. The number of aryl methyl sites for hydroxylation is 2. The number of nitrogens with zero attached hydrogens (tertiary/aromatic N) is 1. The maximum Gasteiger partial charge on any atom is 0.330 e. The molecule has 0 spiro atoms. The van der Waals surface area contributed by atoms with Crippen LogP contribution in [0.2, 0.25) is 0 Å². The number of esters is 1. The monoisotopic (exact) mass is 289 g/mol. The van der Waals surface area contributed by atoms with Crippen LogP contribution in [-0.4, -0.2) is 26.7 Å². The quantitative estimate of drug-likeness (QED) is 0.589. The van der Waals surface area contributed by atoms with E-state index in [1.165, 1.54) is 22.4 Å². The van der Waals surface area contributed by atoms with Gasteiger partial charge in [-0.05, 0) is 69.4 Å². The SMILES string of the molecule is CCOC(=O)C=C(C)CCc1c(C)cc(N(C)C)cc1C. The fourth-order valence-corrected chi connectivity index (χ4v) is 2.40. The third-order valence-corrected chi connectivity index (χ3v) is 3.62. The summed E-state index contributed by atoms with van der Waals surface area (Å²) in [6.45, 7) is 8.53. The van der Waals surface area contributed by atoms with E-state index in [0.717, 1.165) is 18.4 Å². The lowest BCUT2D eigenvalue weighted by Crippen LogP contribution is -2.10. The first-order chi connectivity index (χ1) is 9.85. The number of ether oxygens (including phenoxy) is 1. The van der Waals surface area contributed by atoms with Crippen LogP contribution in [0, 0.1) is 13.8 Å². The van der Waals surface area contributed by atoms with Gasteiger partial charge in [-0.15, -0.1) is 0 Å². The molecule has 0 radical (unpaired) electrons. The Morgan fingerprint density at radius 3 is 2.29 bits per heavy atom. The first kappa shape index (κ1) is 17.3. The molecule has 0 heterocycles. The summed E-state index contributed by atoms with van der Waals surface area (Å²) in [5, 5.41) is 0. The minimum Gasteiger partial charge on any atom is -0.463 e. The smallest absolute Gasteiger partial charge is 0.330 e. The van der Waals surface area contributed by atoms with Gasteiger partial charge < -0.3 is 9.64 Å². The van der Waals surface area contributed by atoms with Gasteiger partial charge in [0.1, 0.15) is 0 Å². The highest BCUT2D eigenvalue weighted by atomic mass is 16.5. The Hall–Kier alpha value is -1.77. The van der Waals surface area contributed by atoms with Crippen LogP contribution >= 0.6 is 0 Å². The molecule has 0 aliphatic rings. The fraction of sp³-hybridized carbons (Fsp3) is 0.500. The van der Waals surface area contributed by atoms with Gasteiger partial charge in [-0.1, -0.05) is 5.57 Å². The third-order valence-electron chi connectivity index (χ3n) is 3.62. The zero-order chi connectivity index (χ0) is 16.0. The zero-order valence-electron chi connectivity index (χ0n) is 14.1. The average Bonchev–Trinajstić information content (AvgIpc) is 2.37. The largest absolute Gasteiger partial charge is 0.463 e. The van der Waals surface area contributed by atoms with E-state index in [2.05, 4.69) is 45.0 Å². The summed E-state index contributed by atoms with van der Waals surface area (Å²) in [4.78, 5) is 13.5. The lowest BCUT2D eigenvalue weighted by molar-refractivity contribution is -0.137. The highest BCUT2D eigenvalue weighted by molar-refractivity contribution is 5.82. The molecule has 0 atom stereocenters. The first-order valence-electron chi connectivity index (χ1n) is 7.46. The molecular weight excluding hydrogens is 262 g/mol. The van der Waals surface area contributed by atoms with Crippen molar-refractivity contribution in [1.29, 1.82) is 0 Å². The minimum absolute atomic E-state index is 0.244. The first-order valence-corrected chi connectivity index (χ1v) is 7.46. The van der Waals surface area contributed by atoms with E-state index in [1.54, 1.807) is 6.08 Å². The predicted molar refractivity (Wildman–Crippen MR) is 89.0 cm³/mol. The molecule has 0 fully saturated rings. The fourth-order valence-electron chi connectivity index (χ4n) is 2.40. The Labute approximate surface area is 128 Å². The van der Waals surface area contributed by atoms with Crippen LogP contribution in [0.3, 0.4) is 0 Å². The van der Waals surface area contributed by atoms with Crippen molar-refractivity contribution in [2.75, 3.05) is 25.6 Å². The number of benzene rings is 1. The number of hydrogen-bond donors (Lipinski definition) is 0. The van der Waals surface area contributed by atoms with Crippen molar-refractivity contribution >= 4 is 11.7 Å². The van der Waals surface area contributed by atoms with E-state index < -0.39 is 0 Å². The highest BCUT2D eigenvalue weighted by Crippen LogP contribution is 2.24. The van der Waals surface area contributed by atoms with Gasteiger partial charge in [0.2, 0.25) is 0 Å². The Morgan fingerprint density at radius 2 is 1.81 bits per heavy atom. The molecule has 3 heteroatoms. The number of rotatable bonds is 6. The molecule has 1 aromatic rings. The van der Waals surface area contributed by atoms with Crippen molar-refractivity contribution in [2.45, 2.75) is 40.5 Å². The molecule has 0 aliphatic heterocycles. The minimum atomic E-state index is -0.244. The van der Waals surface area contributed by atoms with E-state index in [9.17, 15) is 4.79 Å². The van der Waals surface area contributed by atoms with Crippen LogP contribution in [0.1, 0.15) is 37.0 Å². The summed E-state index contributed by atoms with van der Waals surface area (Å²) in [6.07, 6.45) is 3.43. The number of anilines is 1. The van der Waals surface area contributed by atoms with Crippen LogP contribution in [0.4, 0.5) is 5.69 Å². The van der Waals surface area contributed by atoms with E-state index >= 15 is 0 Å². The van der Waals surface area contributed by atoms with Crippen LogP contribution in [0.15, 0.2) is 23.8 Å². The van der Waals surface area contributed by atoms with Crippen LogP contribution in [0.5, 0.6) is 0 Å². The van der Waals surface area contributed by atoms with Crippen molar-refractivity contribution in [1.82, 2.24) is 0 Å². The van der Waals surface area contributed by atoms with Gasteiger partial charge in [-0.25, -0.2) is 4.79 Å². The molecule has 0 aromatic heterocycles. The van der Waals surface area contributed by atoms with Crippen LogP contribution < -0.4 is 4.90 Å². The van der Waals surface area contributed by atoms with Gasteiger partial charge in [0, 0.05) is 25.9 Å². The molecule has 0 aliphatic carbocycles. The topological polar surface area (TPSA) is 29.5 Å². The van der Waals surface area contributed by atoms with Crippen molar-refractivity contribution in [3.05, 3.63) is 40.5 Å². The molecule has 21 heavy (non-hydrogen) atoms.